The van der Waals surface area contributed by atoms with E-state index in [2.05, 4.69) is 5.32 Å². The zero-order chi connectivity index (χ0) is 14.8. The average Bonchev–Trinajstić information content (AvgIpc) is 2.91. The van der Waals surface area contributed by atoms with Crippen LogP contribution in [-0.2, 0) is 11.2 Å². The lowest BCUT2D eigenvalue weighted by molar-refractivity contribution is -0.122. The van der Waals surface area contributed by atoms with Gasteiger partial charge in [0.15, 0.2) is 6.10 Å². The second-order valence-corrected chi connectivity index (χ2v) is 4.79. The zero-order valence-corrected chi connectivity index (χ0v) is 11.1. The van der Waals surface area contributed by atoms with E-state index in [0.717, 1.165) is 11.3 Å². The minimum Gasteiger partial charge on any atom is -0.480 e. The van der Waals surface area contributed by atoms with Gasteiger partial charge in [-0.3, -0.25) is 4.79 Å². The fraction of sp³-hybridized carbons (Fsp3) is 0.125. The molecule has 1 heterocycles. The van der Waals surface area contributed by atoms with Crippen LogP contribution in [0.15, 0.2) is 48.5 Å². The van der Waals surface area contributed by atoms with E-state index in [-0.39, 0.29) is 11.5 Å². The highest BCUT2D eigenvalue weighted by Gasteiger charge is 2.28. The first-order chi connectivity index (χ1) is 10.1. The van der Waals surface area contributed by atoms with Gasteiger partial charge in [-0.1, -0.05) is 24.3 Å². The number of aromatic carboxylic acids is 1. The van der Waals surface area contributed by atoms with E-state index in [9.17, 15) is 9.59 Å². The van der Waals surface area contributed by atoms with Gasteiger partial charge in [-0.15, -0.1) is 0 Å². The number of fused-ring (bicyclic) bond motifs is 1. The lowest BCUT2D eigenvalue weighted by atomic mass is 10.1. The van der Waals surface area contributed by atoms with Crippen LogP contribution in [0, 0.1) is 0 Å². The van der Waals surface area contributed by atoms with Crippen molar-refractivity contribution in [3.63, 3.8) is 0 Å². The van der Waals surface area contributed by atoms with Crippen LogP contribution >= 0.6 is 0 Å². The molecular formula is C16H13NO4. The number of rotatable bonds is 3. The Kier molecular flexibility index (Phi) is 3.31. The summed E-state index contributed by atoms with van der Waals surface area (Å²) in [5.74, 6) is -0.596. The number of anilines is 1. The molecule has 0 fully saturated rings. The van der Waals surface area contributed by atoms with E-state index in [1.165, 1.54) is 12.1 Å². The zero-order valence-electron chi connectivity index (χ0n) is 11.1. The Morgan fingerprint density at radius 1 is 1.14 bits per heavy atom. The van der Waals surface area contributed by atoms with Gasteiger partial charge in [-0.2, -0.15) is 0 Å². The number of carboxylic acids is 1. The number of carbonyl (C=O) groups excluding carboxylic acids is 1. The maximum atomic E-state index is 12.2. The van der Waals surface area contributed by atoms with Crippen LogP contribution in [0.3, 0.4) is 0 Å². The standard InChI is InChI=1S/C16H13NO4/c18-15(14-9-10-4-1-2-7-13(10)21-14)17-12-6-3-5-11(8-12)16(19)20/h1-8,14H,9H2,(H,17,18)(H,19,20)/t14-/m0/s1. The lowest BCUT2D eigenvalue weighted by Crippen LogP contribution is -2.31. The summed E-state index contributed by atoms with van der Waals surface area (Å²) in [4.78, 5) is 23.1. The van der Waals surface area contributed by atoms with Crippen LogP contribution in [0.4, 0.5) is 5.69 Å². The largest absolute Gasteiger partial charge is 0.480 e. The van der Waals surface area contributed by atoms with Crippen LogP contribution in [0.2, 0.25) is 0 Å². The second-order valence-electron chi connectivity index (χ2n) is 4.79. The van der Waals surface area contributed by atoms with Crippen LogP contribution in [0.25, 0.3) is 0 Å². The maximum absolute atomic E-state index is 12.2. The maximum Gasteiger partial charge on any atom is 0.335 e. The van der Waals surface area contributed by atoms with E-state index in [1.54, 1.807) is 12.1 Å². The Labute approximate surface area is 121 Å². The van der Waals surface area contributed by atoms with E-state index >= 15 is 0 Å². The van der Waals surface area contributed by atoms with Crippen molar-refractivity contribution in [1.29, 1.82) is 0 Å². The number of carboxylic acid groups (broad SMARTS) is 1. The third-order valence-electron chi connectivity index (χ3n) is 3.32. The fourth-order valence-electron chi connectivity index (χ4n) is 2.28. The van der Waals surface area contributed by atoms with Gasteiger partial charge in [0.05, 0.1) is 5.56 Å². The summed E-state index contributed by atoms with van der Waals surface area (Å²) < 4.78 is 5.59. The van der Waals surface area contributed by atoms with Crippen molar-refractivity contribution >= 4 is 17.6 Å². The molecule has 0 saturated heterocycles. The first kappa shape index (κ1) is 13.2. The molecule has 1 aliphatic rings. The molecule has 1 atom stereocenters. The molecule has 0 radical (unpaired) electrons. The predicted molar refractivity (Wildman–Crippen MR) is 76.6 cm³/mol. The Balaban J connectivity index is 1.71. The third-order valence-corrected chi connectivity index (χ3v) is 3.32. The van der Waals surface area contributed by atoms with Crippen LogP contribution in [0.5, 0.6) is 5.75 Å². The third kappa shape index (κ3) is 2.72. The van der Waals surface area contributed by atoms with Gasteiger partial charge in [-0.05, 0) is 29.8 Å². The van der Waals surface area contributed by atoms with E-state index < -0.39 is 12.1 Å². The fourth-order valence-corrected chi connectivity index (χ4v) is 2.28. The Morgan fingerprint density at radius 2 is 1.95 bits per heavy atom. The van der Waals surface area contributed by atoms with Gasteiger partial charge >= 0.3 is 5.97 Å². The topological polar surface area (TPSA) is 75.6 Å². The van der Waals surface area contributed by atoms with Crippen molar-refractivity contribution in [2.75, 3.05) is 5.32 Å². The number of nitrogens with one attached hydrogen (secondary N) is 1. The second kappa shape index (κ2) is 5.28. The molecule has 106 valence electrons. The normalized spacial score (nSPS) is 15.9. The molecule has 0 aromatic heterocycles. The van der Waals surface area contributed by atoms with E-state index in [0.29, 0.717) is 12.1 Å². The summed E-state index contributed by atoms with van der Waals surface area (Å²) in [6, 6.07) is 13.6. The van der Waals surface area contributed by atoms with Gasteiger partial charge < -0.3 is 15.2 Å². The van der Waals surface area contributed by atoms with E-state index in [1.807, 2.05) is 24.3 Å². The molecule has 0 spiro atoms. The number of hydrogen-bond donors (Lipinski definition) is 2. The number of benzene rings is 2. The molecule has 0 unspecified atom stereocenters. The van der Waals surface area contributed by atoms with Crippen molar-refractivity contribution in [3.05, 3.63) is 59.7 Å². The average molecular weight is 283 g/mol. The number of amides is 1. The van der Waals surface area contributed by atoms with E-state index in [4.69, 9.17) is 9.84 Å². The molecule has 1 aliphatic heterocycles. The molecule has 21 heavy (non-hydrogen) atoms. The molecule has 2 aromatic rings. The summed E-state index contributed by atoms with van der Waals surface area (Å²) in [5, 5.41) is 11.6. The quantitative estimate of drug-likeness (QED) is 0.906. The van der Waals surface area contributed by atoms with Crippen LogP contribution in [-0.4, -0.2) is 23.1 Å². The minimum atomic E-state index is -1.03. The monoisotopic (exact) mass is 283 g/mol. The van der Waals surface area contributed by atoms with Gasteiger partial charge in [0.1, 0.15) is 5.75 Å². The summed E-state index contributed by atoms with van der Waals surface area (Å²) in [7, 11) is 0. The van der Waals surface area contributed by atoms with Crippen molar-refractivity contribution in [1.82, 2.24) is 0 Å². The molecular weight excluding hydrogens is 270 g/mol. The van der Waals surface area contributed by atoms with Crippen molar-refractivity contribution in [2.24, 2.45) is 0 Å². The number of ether oxygens (including phenoxy) is 1. The molecule has 2 N–H and O–H groups in total. The molecule has 2 aromatic carbocycles. The van der Waals surface area contributed by atoms with Gasteiger partial charge in [0.25, 0.3) is 5.91 Å². The van der Waals surface area contributed by atoms with Crippen molar-refractivity contribution in [3.8, 4) is 5.75 Å². The smallest absolute Gasteiger partial charge is 0.335 e. The minimum absolute atomic E-state index is 0.128. The van der Waals surface area contributed by atoms with Crippen molar-refractivity contribution in [2.45, 2.75) is 12.5 Å². The molecule has 0 aliphatic carbocycles. The van der Waals surface area contributed by atoms with Gasteiger partial charge in [0.2, 0.25) is 0 Å². The van der Waals surface area contributed by atoms with Gasteiger partial charge in [0, 0.05) is 12.1 Å². The lowest BCUT2D eigenvalue weighted by Gasteiger charge is -2.11. The summed E-state index contributed by atoms with van der Waals surface area (Å²) in [5.41, 5.74) is 1.57. The highest BCUT2D eigenvalue weighted by molar-refractivity contribution is 5.96. The highest BCUT2D eigenvalue weighted by Crippen LogP contribution is 2.28. The molecule has 0 saturated carbocycles. The summed E-state index contributed by atoms with van der Waals surface area (Å²) in [6.45, 7) is 0. The first-order valence-corrected chi connectivity index (χ1v) is 6.52. The highest BCUT2D eigenvalue weighted by atomic mass is 16.5. The summed E-state index contributed by atoms with van der Waals surface area (Å²) >= 11 is 0. The molecule has 1 amide bonds. The SMILES string of the molecule is O=C(O)c1cccc(NC(=O)[C@@H]2Cc3ccccc3O2)c1. The Hall–Kier alpha value is -2.82. The Bertz CT molecular complexity index is 686. The van der Waals surface area contributed by atoms with Crippen LogP contribution in [0.1, 0.15) is 15.9 Å². The number of carbonyl (C=O) groups is 2. The molecule has 3 rings (SSSR count). The molecule has 5 heteroatoms. The molecule has 5 nitrogen and oxygen atoms in total. The van der Waals surface area contributed by atoms with Gasteiger partial charge in [-0.25, -0.2) is 4.79 Å². The predicted octanol–water partition coefficient (Wildman–Crippen LogP) is 2.33. The first-order valence-electron chi connectivity index (χ1n) is 6.52. The Morgan fingerprint density at radius 3 is 2.71 bits per heavy atom. The molecule has 0 bridgehead atoms. The summed E-state index contributed by atoms with van der Waals surface area (Å²) in [6.07, 6.45) is -0.0726. The van der Waals surface area contributed by atoms with Crippen molar-refractivity contribution < 1.29 is 19.4 Å². The number of hydrogen-bond acceptors (Lipinski definition) is 3. The number of para-hydroxylation sites is 1. The van der Waals surface area contributed by atoms with Crippen LogP contribution < -0.4 is 10.1 Å².